The summed E-state index contributed by atoms with van der Waals surface area (Å²) in [4.78, 5) is 36.3. The number of aromatic nitrogens is 5. The minimum atomic E-state index is -0.104. The van der Waals surface area contributed by atoms with Gasteiger partial charge in [-0.3, -0.25) is 19.1 Å². The van der Waals surface area contributed by atoms with Crippen molar-refractivity contribution in [2.45, 2.75) is 51.1 Å². The monoisotopic (exact) mass is 435 g/mol. The van der Waals surface area contributed by atoms with Crippen LogP contribution < -0.4 is 16.4 Å². The minimum Gasteiger partial charge on any atom is -0.354 e. The Morgan fingerprint density at radius 2 is 2.06 bits per heavy atom. The van der Waals surface area contributed by atoms with Gasteiger partial charge in [0.15, 0.2) is 5.65 Å². The molecule has 1 unspecified atom stereocenters. The standard InChI is InChI=1S/C23H29N7O2/c1-28-22(32)18-8-5-10-24-21(18)26-23(28)25-15-17-7-2-3-11-29(17)12-13-30-20(31)14-16-6-4-9-19(16)27-30/h5,8,10,14,17H,2-4,6-7,9,11-13,15H2,1H3,(H,24,25,26). The first-order valence-corrected chi connectivity index (χ1v) is 11.5. The zero-order valence-corrected chi connectivity index (χ0v) is 18.5. The molecule has 3 aromatic heterocycles. The van der Waals surface area contributed by atoms with Crippen LogP contribution >= 0.6 is 0 Å². The van der Waals surface area contributed by atoms with Crippen molar-refractivity contribution in [2.24, 2.45) is 7.05 Å². The van der Waals surface area contributed by atoms with Gasteiger partial charge >= 0.3 is 0 Å². The van der Waals surface area contributed by atoms with Crippen molar-refractivity contribution in [3.05, 3.63) is 56.4 Å². The van der Waals surface area contributed by atoms with Gasteiger partial charge in [-0.05, 0) is 56.3 Å². The maximum Gasteiger partial charge on any atom is 0.267 e. The van der Waals surface area contributed by atoms with E-state index < -0.39 is 0 Å². The van der Waals surface area contributed by atoms with Crippen molar-refractivity contribution in [3.8, 4) is 0 Å². The third kappa shape index (κ3) is 4.04. The molecule has 1 aliphatic carbocycles. The largest absolute Gasteiger partial charge is 0.354 e. The minimum absolute atomic E-state index is 0.000183. The maximum absolute atomic E-state index is 12.6. The Hall–Kier alpha value is -3.07. The summed E-state index contributed by atoms with van der Waals surface area (Å²) in [5, 5.41) is 8.51. The van der Waals surface area contributed by atoms with Gasteiger partial charge in [0, 0.05) is 38.4 Å². The lowest BCUT2D eigenvalue weighted by Crippen LogP contribution is -2.46. The van der Waals surface area contributed by atoms with E-state index in [1.165, 1.54) is 6.42 Å². The first-order chi connectivity index (χ1) is 15.6. The number of fused-ring (bicyclic) bond motifs is 2. The molecule has 9 nitrogen and oxygen atoms in total. The molecule has 0 spiro atoms. The second-order valence-corrected chi connectivity index (χ2v) is 8.77. The summed E-state index contributed by atoms with van der Waals surface area (Å²) >= 11 is 0. The number of rotatable bonds is 6. The second-order valence-electron chi connectivity index (χ2n) is 8.77. The predicted molar refractivity (Wildman–Crippen MR) is 123 cm³/mol. The van der Waals surface area contributed by atoms with Crippen molar-refractivity contribution in [1.82, 2.24) is 29.2 Å². The molecule has 32 heavy (non-hydrogen) atoms. The van der Waals surface area contributed by atoms with Gasteiger partial charge in [-0.25, -0.2) is 9.67 Å². The lowest BCUT2D eigenvalue weighted by Gasteiger charge is -2.36. The van der Waals surface area contributed by atoms with Crippen molar-refractivity contribution in [1.29, 1.82) is 0 Å². The molecule has 3 aromatic rings. The molecule has 1 fully saturated rings. The van der Waals surface area contributed by atoms with E-state index in [9.17, 15) is 9.59 Å². The number of piperidine rings is 1. The zero-order chi connectivity index (χ0) is 22.1. The van der Waals surface area contributed by atoms with Crippen LogP contribution in [0, 0.1) is 0 Å². The summed E-state index contributed by atoms with van der Waals surface area (Å²) in [6.45, 7) is 3.06. The molecule has 0 radical (unpaired) electrons. The Bertz CT molecular complexity index is 1250. The van der Waals surface area contributed by atoms with Crippen LogP contribution in [-0.4, -0.2) is 54.9 Å². The molecular weight excluding hydrogens is 406 g/mol. The molecule has 0 bridgehead atoms. The van der Waals surface area contributed by atoms with E-state index >= 15 is 0 Å². The Kier molecular flexibility index (Phi) is 5.73. The first kappa shape index (κ1) is 20.8. The number of likely N-dealkylation sites (tertiary alicyclic amines) is 1. The van der Waals surface area contributed by atoms with Crippen LogP contribution in [0.1, 0.15) is 36.9 Å². The van der Waals surface area contributed by atoms with Crippen molar-refractivity contribution >= 4 is 17.0 Å². The van der Waals surface area contributed by atoms with Gasteiger partial charge in [0.05, 0.1) is 17.6 Å². The molecule has 1 aliphatic heterocycles. The number of anilines is 1. The van der Waals surface area contributed by atoms with Gasteiger partial charge < -0.3 is 5.32 Å². The van der Waals surface area contributed by atoms with Gasteiger partial charge in [0.1, 0.15) is 0 Å². The number of nitrogens with one attached hydrogen (secondary N) is 1. The molecule has 0 saturated carbocycles. The van der Waals surface area contributed by atoms with Gasteiger partial charge in [0.25, 0.3) is 11.1 Å². The summed E-state index contributed by atoms with van der Waals surface area (Å²) in [6.07, 6.45) is 8.07. The van der Waals surface area contributed by atoms with Crippen LogP contribution in [-0.2, 0) is 26.4 Å². The van der Waals surface area contributed by atoms with Gasteiger partial charge in [0.2, 0.25) is 5.95 Å². The molecule has 1 saturated heterocycles. The highest BCUT2D eigenvalue weighted by atomic mass is 16.1. The fourth-order valence-electron chi connectivity index (χ4n) is 4.88. The Morgan fingerprint density at radius 3 is 2.97 bits per heavy atom. The number of nitrogens with zero attached hydrogens (tertiary/aromatic N) is 6. The normalized spacial score (nSPS) is 18.7. The summed E-state index contributed by atoms with van der Waals surface area (Å²) in [7, 11) is 1.73. The fraction of sp³-hybridized carbons (Fsp3) is 0.522. The van der Waals surface area contributed by atoms with Crippen LogP contribution in [0.25, 0.3) is 11.0 Å². The van der Waals surface area contributed by atoms with Crippen molar-refractivity contribution in [3.63, 3.8) is 0 Å². The SMILES string of the molecule is Cn1c(NCC2CCCCN2CCn2nc3c(cc2=O)CCC3)nc2ncccc2c1=O. The average molecular weight is 436 g/mol. The summed E-state index contributed by atoms with van der Waals surface area (Å²) in [6, 6.07) is 5.58. The Morgan fingerprint density at radius 1 is 1.16 bits per heavy atom. The quantitative estimate of drug-likeness (QED) is 0.624. The highest BCUT2D eigenvalue weighted by molar-refractivity contribution is 5.74. The average Bonchev–Trinajstić information content (AvgIpc) is 3.26. The third-order valence-electron chi connectivity index (χ3n) is 6.72. The molecule has 0 amide bonds. The van der Waals surface area contributed by atoms with Crippen molar-refractivity contribution in [2.75, 3.05) is 25.0 Å². The zero-order valence-electron chi connectivity index (χ0n) is 18.5. The summed E-state index contributed by atoms with van der Waals surface area (Å²) in [5.74, 6) is 0.531. The number of hydrogen-bond donors (Lipinski definition) is 1. The topological polar surface area (TPSA) is 97.9 Å². The van der Waals surface area contributed by atoms with E-state index in [4.69, 9.17) is 0 Å². The van der Waals surface area contributed by atoms with Crippen LogP contribution in [0.5, 0.6) is 0 Å². The molecule has 168 valence electrons. The maximum atomic E-state index is 12.6. The lowest BCUT2D eigenvalue weighted by molar-refractivity contribution is 0.147. The molecule has 2 aliphatic rings. The smallest absolute Gasteiger partial charge is 0.267 e. The molecule has 5 rings (SSSR count). The molecule has 1 atom stereocenters. The Labute approximate surface area is 186 Å². The molecule has 9 heteroatoms. The fourth-order valence-corrected chi connectivity index (χ4v) is 4.88. The van der Waals surface area contributed by atoms with Crippen LogP contribution in [0.4, 0.5) is 5.95 Å². The second kappa shape index (κ2) is 8.82. The van der Waals surface area contributed by atoms with Crippen molar-refractivity contribution < 1.29 is 0 Å². The first-order valence-electron chi connectivity index (χ1n) is 11.5. The van der Waals surface area contributed by atoms with Crippen LogP contribution in [0.3, 0.4) is 0 Å². The van der Waals surface area contributed by atoms with E-state index in [0.717, 1.165) is 56.5 Å². The van der Waals surface area contributed by atoms with E-state index in [0.29, 0.717) is 36.1 Å². The number of hydrogen-bond acceptors (Lipinski definition) is 7. The van der Waals surface area contributed by atoms with Gasteiger partial charge in [-0.15, -0.1) is 0 Å². The molecule has 0 aromatic carbocycles. The highest BCUT2D eigenvalue weighted by Crippen LogP contribution is 2.19. The highest BCUT2D eigenvalue weighted by Gasteiger charge is 2.23. The lowest BCUT2D eigenvalue weighted by atomic mass is 10.0. The van der Waals surface area contributed by atoms with Gasteiger partial charge in [-0.1, -0.05) is 6.42 Å². The number of pyridine rings is 1. The predicted octanol–water partition coefficient (Wildman–Crippen LogP) is 1.34. The van der Waals surface area contributed by atoms with E-state index in [-0.39, 0.29) is 11.1 Å². The van der Waals surface area contributed by atoms with Gasteiger partial charge in [-0.2, -0.15) is 10.1 Å². The Balaban J connectivity index is 1.28. The van der Waals surface area contributed by atoms with E-state index in [1.54, 1.807) is 40.7 Å². The summed E-state index contributed by atoms with van der Waals surface area (Å²) < 4.78 is 3.18. The van der Waals surface area contributed by atoms with E-state index in [2.05, 4.69) is 25.3 Å². The molecular formula is C23H29N7O2. The third-order valence-corrected chi connectivity index (χ3v) is 6.72. The molecule has 1 N–H and O–H groups in total. The molecule has 4 heterocycles. The summed E-state index contributed by atoms with van der Waals surface area (Å²) in [5.41, 5.74) is 2.56. The van der Waals surface area contributed by atoms with Crippen LogP contribution in [0.2, 0.25) is 0 Å². The van der Waals surface area contributed by atoms with E-state index in [1.807, 2.05) is 0 Å². The number of aryl methyl sites for hydroxylation is 2. The van der Waals surface area contributed by atoms with Crippen LogP contribution in [0.15, 0.2) is 34.0 Å².